The molecule has 0 aliphatic rings. The lowest BCUT2D eigenvalue weighted by molar-refractivity contribution is 0.0242. The number of benzene rings is 2. The number of hydrogen-bond acceptors (Lipinski definition) is 5. The van der Waals surface area contributed by atoms with Crippen LogP contribution >= 0.6 is 0 Å². The maximum atomic E-state index is 13.0. The second kappa shape index (κ2) is 7.35. The van der Waals surface area contributed by atoms with E-state index in [0.29, 0.717) is 16.8 Å². The van der Waals surface area contributed by atoms with Gasteiger partial charge in [-0.3, -0.25) is 4.79 Å². The summed E-state index contributed by atoms with van der Waals surface area (Å²) >= 11 is 0. The van der Waals surface area contributed by atoms with E-state index < -0.39 is 12.1 Å². The molecule has 1 aromatic heterocycles. The fourth-order valence-electron chi connectivity index (χ4n) is 2.51. The highest BCUT2D eigenvalue weighted by molar-refractivity contribution is 6.01. The van der Waals surface area contributed by atoms with Gasteiger partial charge in [0.2, 0.25) is 11.5 Å². The molecule has 0 aliphatic carbocycles. The van der Waals surface area contributed by atoms with Gasteiger partial charge in [0.15, 0.2) is 6.10 Å². The van der Waals surface area contributed by atoms with Gasteiger partial charge in [0.1, 0.15) is 0 Å². The van der Waals surface area contributed by atoms with E-state index in [1.54, 1.807) is 31.2 Å². The predicted octanol–water partition coefficient (Wildman–Crippen LogP) is 4.38. The van der Waals surface area contributed by atoms with E-state index in [4.69, 9.17) is 9.26 Å². The molecule has 1 heterocycles. The largest absolute Gasteiger partial charge is 0.443 e. The van der Waals surface area contributed by atoms with Crippen LogP contribution in [0.25, 0.3) is 0 Å². The SMILES string of the molecule is Cc1ccc(C(=O)[C@@H](OC(=O)c2cc(C)no2)c2ccc(C)cc2)cc1. The molecule has 0 radical (unpaired) electrons. The number of aromatic nitrogens is 1. The molecule has 0 fully saturated rings. The molecule has 0 unspecified atom stereocenters. The van der Waals surface area contributed by atoms with Crippen LogP contribution in [0.4, 0.5) is 0 Å². The van der Waals surface area contributed by atoms with Gasteiger partial charge in [-0.25, -0.2) is 4.79 Å². The number of esters is 1. The second-order valence-electron chi connectivity index (χ2n) is 6.26. The zero-order chi connectivity index (χ0) is 18.7. The lowest BCUT2D eigenvalue weighted by Crippen LogP contribution is -2.20. The summed E-state index contributed by atoms with van der Waals surface area (Å²) in [4.78, 5) is 25.4. The molecule has 0 amide bonds. The van der Waals surface area contributed by atoms with E-state index in [-0.39, 0.29) is 11.5 Å². The molecule has 132 valence electrons. The lowest BCUT2D eigenvalue weighted by atomic mass is 9.98. The topological polar surface area (TPSA) is 69.4 Å². The van der Waals surface area contributed by atoms with Gasteiger partial charge in [-0.2, -0.15) is 0 Å². The molecule has 0 saturated heterocycles. The van der Waals surface area contributed by atoms with Crippen LogP contribution in [-0.4, -0.2) is 16.9 Å². The van der Waals surface area contributed by atoms with Gasteiger partial charge in [-0.15, -0.1) is 0 Å². The Morgan fingerprint density at radius 2 is 1.50 bits per heavy atom. The number of rotatable bonds is 5. The average Bonchev–Trinajstić information content (AvgIpc) is 3.07. The molecule has 26 heavy (non-hydrogen) atoms. The third kappa shape index (κ3) is 3.88. The van der Waals surface area contributed by atoms with Crippen molar-refractivity contribution >= 4 is 11.8 Å². The van der Waals surface area contributed by atoms with Crippen LogP contribution in [0.1, 0.15) is 49.4 Å². The maximum Gasteiger partial charge on any atom is 0.378 e. The Balaban J connectivity index is 1.93. The highest BCUT2D eigenvalue weighted by Gasteiger charge is 2.28. The van der Waals surface area contributed by atoms with Crippen molar-refractivity contribution in [2.45, 2.75) is 26.9 Å². The van der Waals surface area contributed by atoms with Crippen molar-refractivity contribution in [3.63, 3.8) is 0 Å². The molecule has 3 aromatic rings. The fraction of sp³-hybridized carbons (Fsp3) is 0.190. The Morgan fingerprint density at radius 3 is 2.04 bits per heavy atom. The van der Waals surface area contributed by atoms with E-state index in [2.05, 4.69) is 5.16 Å². The minimum absolute atomic E-state index is 0.0312. The van der Waals surface area contributed by atoms with E-state index in [0.717, 1.165) is 11.1 Å². The maximum absolute atomic E-state index is 13.0. The standard InChI is InChI=1S/C21H19NO4/c1-13-4-8-16(9-5-13)19(23)20(17-10-6-14(2)7-11-17)25-21(24)18-12-15(3)22-26-18/h4-12,20H,1-3H3/t20-/m0/s1. The number of aryl methyl sites for hydroxylation is 3. The molecule has 1 atom stereocenters. The summed E-state index contributed by atoms with van der Waals surface area (Å²) in [6.45, 7) is 5.59. The monoisotopic (exact) mass is 349 g/mol. The third-order valence-corrected chi connectivity index (χ3v) is 4.01. The first-order chi connectivity index (χ1) is 12.4. The number of hydrogen-bond donors (Lipinski definition) is 0. The number of carbonyl (C=O) groups excluding carboxylic acids is 2. The van der Waals surface area contributed by atoms with Gasteiger partial charge < -0.3 is 9.26 Å². The van der Waals surface area contributed by atoms with Crippen molar-refractivity contribution in [2.24, 2.45) is 0 Å². The Morgan fingerprint density at radius 1 is 0.923 bits per heavy atom. The van der Waals surface area contributed by atoms with E-state index >= 15 is 0 Å². The van der Waals surface area contributed by atoms with E-state index in [1.165, 1.54) is 6.07 Å². The van der Waals surface area contributed by atoms with Crippen LogP contribution in [0, 0.1) is 20.8 Å². The Kier molecular flexibility index (Phi) is 4.98. The summed E-state index contributed by atoms with van der Waals surface area (Å²) < 4.78 is 10.4. The Bertz CT molecular complexity index is 923. The third-order valence-electron chi connectivity index (χ3n) is 4.01. The van der Waals surface area contributed by atoms with Crippen molar-refractivity contribution in [2.75, 3.05) is 0 Å². The molecule has 3 rings (SSSR count). The van der Waals surface area contributed by atoms with Crippen molar-refractivity contribution in [3.05, 3.63) is 88.3 Å². The van der Waals surface area contributed by atoms with Gasteiger partial charge in [-0.1, -0.05) is 64.8 Å². The normalized spacial score (nSPS) is 11.8. The first-order valence-electron chi connectivity index (χ1n) is 8.26. The smallest absolute Gasteiger partial charge is 0.378 e. The van der Waals surface area contributed by atoms with Gasteiger partial charge in [0.25, 0.3) is 0 Å². The number of ketones is 1. The average molecular weight is 349 g/mol. The zero-order valence-electron chi connectivity index (χ0n) is 14.9. The van der Waals surface area contributed by atoms with E-state index in [9.17, 15) is 9.59 Å². The molecular formula is C21H19NO4. The molecular weight excluding hydrogens is 330 g/mol. The van der Waals surface area contributed by atoms with Gasteiger partial charge in [-0.05, 0) is 20.8 Å². The minimum atomic E-state index is -1.06. The molecule has 2 aromatic carbocycles. The van der Waals surface area contributed by atoms with Crippen LogP contribution in [0.15, 0.2) is 59.1 Å². The highest BCUT2D eigenvalue weighted by Crippen LogP contribution is 2.25. The molecule has 0 saturated carbocycles. The quantitative estimate of drug-likeness (QED) is 0.505. The first-order valence-corrected chi connectivity index (χ1v) is 8.26. The van der Waals surface area contributed by atoms with Crippen LogP contribution in [-0.2, 0) is 4.74 Å². The number of carbonyl (C=O) groups is 2. The molecule has 0 aliphatic heterocycles. The summed E-state index contributed by atoms with van der Waals surface area (Å²) in [5.41, 5.74) is 3.73. The molecule has 5 nitrogen and oxygen atoms in total. The predicted molar refractivity (Wildman–Crippen MR) is 96.1 cm³/mol. The number of nitrogens with zero attached hydrogens (tertiary/aromatic N) is 1. The van der Waals surface area contributed by atoms with Gasteiger partial charge in [0, 0.05) is 17.2 Å². The summed E-state index contributed by atoms with van der Waals surface area (Å²) in [5, 5.41) is 3.68. The van der Waals surface area contributed by atoms with Crippen molar-refractivity contribution in [3.8, 4) is 0 Å². The Labute approximate surface area is 151 Å². The first kappa shape index (κ1) is 17.6. The minimum Gasteiger partial charge on any atom is -0.443 e. The lowest BCUT2D eigenvalue weighted by Gasteiger charge is -2.17. The molecule has 0 spiro atoms. The second-order valence-corrected chi connectivity index (χ2v) is 6.26. The van der Waals surface area contributed by atoms with Crippen LogP contribution < -0.4 is 0 Å². The highest BCUT2D eigenvalue weighted by atomic mass is 16.6. The molecule has 0 N–H and O–H groups in total. The zero-order valence-corrected chi connectivity index (χ0v) is 14.9. The van der Waals surface area contributed by atoms with Crippen molar-refractivity contribution in [1.29, 1.82) is 0 Å². The van der Waals surface area contributed by atoms with Crippen molar-refractivity contribution in [1.82, 2.24) is 5.16 Å². The summed E-state index contributed by atoms with van der Waals surface area (Å²) in [5.74, 6) is -1.05. The van der Waals surface area contributed by atoms with Crippen molar-refractivity contribution < 1.29 is 18.8 Å². The Hall–Kier alpha value is -3.21. The van der Waals surface area contributed by atoms with Gasteiger partial charge >= 0.3 is 5.97 Å². The van der Waals surface area contributed by atoms with E-state index in [1.807, 2.05) is 38.1 Å². The van der Waals surface area contributed by atoms with Crippen LogP contribution in [0.3, 0.4) is 0 Å². The molecule has 5 heteroatoms. The summed E-state index contributed by atoms with van der Waals surface area (Å²) in [6, 6.07) is 15.9. The summed E-state index contributed by atoms with van der Waals surface area (Å²) in [6.07, 6.45) is -1.06. The number of ether oxygens (including phenoxy) is 1. The summed E-state index contributed by atoms with van der Waals surface area (Å²) in [7, 11) is 0. The number of Topliss-reactive ketones (excluding diaryl/α,β-unsaturated/α-hetero) is 1. The van der Waals surface area contributed by atoms with Gasteiger partial charge in [0.05, 0.1) is 5.69 Å². The van der Waals surface area contributed by atoms with Crippen LogP contribution in [0.5, 0.6) is 0 Å². The fourth-order valence-corrected chi connectivity index (χ4v) is 2.51. The molecule has 0 bridgehead atoms. The van der Waals surface area contributed by atoms with Crippen LogP contribution in [0.2, 0.25) is 0 Å².